The fourth-order valence-corrected chi connectivity index (χ4v) is 4.92. The van der Waals surface area contributed by atoms with Gasteiger partial charge in [-0.05, 0) is 55.0 Å². The molecule has 33 heavy (non-hydrogen) atoms. The molecule has 2 aliphatic rings. The molecule has 1 aliphatic heterocycles. The number of anilines is 2. The number of hydrogen-bond acceptors (Lipinski definition) is 4. The first-order chi connectivity index (χ1) is 15.9. The van der Waals surface area contributed by atoms with Crippen LogP contribution in [-0.4, -0.2) is 35.1 Å². The SMILES string of the molecule is CCc1ccc(NC(C)=O)cc1NC(=O)C1CCCCC1CN1C(=O)c2ccccc2C1=O. The Kier molecular flexibility index (Phi) is 6.58. The van der Waals surface area contributed by atoms with Gasteiger partial charge in [0.05, 0.1) is 11.1 Å². The van der Waals surface area contributed by atoms with Crippen molar-refractivity contribution in [2.45, 2.75) is 46.0 Å². The van der Waals surface area contributed by atoms with Crippen LogP contribution in [0.4, 0.5) is 11.4 Å². The Labute approximate surface area is 193 Å². The molecule has 1 heterocycles. The van der Waals surface area contributed by atoms with Crippen LogP contribution in [0.15, 0.2) is 42.5 Å². The zero-order chi connectivity index (χ0) is 23.5. The van der Waals surface area contributed by atoms with Crippen molar-refractivity contribution in [1.29, 1.82) is 0 Å². The number of fused-ring (bicyclic) bond motifs is 1. The quantitative estimate of drug-likeness (QED) is 0.647. The number of rotatable bonds is 6. The summed E-state index contributed by atoms with van der Waals surface area (Å²) in [5, 5.41) is 5.81. The lowest BCUT2D eigenvalue weighted by atomic mass is 9.78. The number of benzene rings is 2. The molecule has 7 nitrogen and oxygen atoms in total. The summed E-state index contributed by atoms with van der Waals surface area (Å²) < 4.78 is 0. The third kappa shape index (κ3) is 4.67. The van der Waals surface area contributed by atoms with Crippen LogP contribution in [0, 0.1) is 11.8 Å². The number of nitrogens with one attached hydrogen (secondary N) is 2. The molecule has 4 amide bonds. The van der Waals surface area contributed by atoms with Crippen molar-refractivity contribution in [3.8, 4) is 0 Å². The first-order valence-electron chi connectivity index (χ1n) is 11.6. The number of imide groups is 1. The van der Waals surface area contributed by atoms with E-state index in [-0.39, 0.29) is 42.0 Å². The first-order valence-corrected chi connectivity index (χ1v) is 11.6. The summed E-state index contributed by atoms with van der Waals surface area (Å²) in [6, 6.07) is 12.4. The summed E-state index contributed by atoms with van der Waals surface area (Å²) >= 11 is 0. The van der Waals surface area contributed by atoms with Crippen molar-refractivity contribution in [2.24, 2.45) is 11.8 Å². The number of aryl methyl sites for hydroxylation is 1. The van der Waals surface area contributed by atoms with E-state index in [1.165, 1.54) is 11.8 Å². The fraction of sp³-hybridized carbons (Fsp3) is 0.385. The first kappa shape index (κ1) is 22.7. The van der Waals surface area contributed by atoms with E-state index in [2.05, 4.69) is 10.6 Å². The molecule has 2 unspecified atom stereocenters. The molecule has 4 rings (SSSR count). The van der Waals surface area contributed by atoms with Crippen LogP contribution >= 0.6 is 0 Å². The van der Waals surface area contributed by atoms with Crippen molar-refractivity contribution < 1.29 is 19.2 Å². The maximum Gasteiger partial charge on any atom is 0.261 e. The lowest BCUT2D eigenvalue weighted by molar-refractivity contribution is -0.122. The predicted molar refractivity (Wildman–Crippen MR) is 126 cm³/mol. The van der Waals surface area contributed by atoms with Gasteiger partial charge < -0.3 is 10.6 Å². The molecule has 0 saturated heterocycles. The molecule has 1 saturated carbocycles. The second-order valence-electron chi connectivity index (χ2n) is 8.81. The number of nitrogens with zero attached hydrogens (tertiary/aromatic N) is 1. The summed E-state index contributed by atoms with van der Waals surface area (Å²) in [5.41, 5.74) is 3.15. The maximum absolute atomic E-state index is 13.3. The molecule has 0 aromatic heterocycles. The van der Waals surface area contributed by atoms with Crippen molar-refractivity contribution in [2.75, 3.05) is 17.2 Å². The standard InChI is InChI=1S/C26H29N3O4/c1-3-17-12-13-19(27-16(2)30)14-23(17)28-24(31)20-9-5-4-8-18(20)15-29-25(32)21-10-6-7-11-22(21)26(29)33/h6-7,10-14,18,20H,3-5,8-9,15H2,1-2H3,(H,27,30)(H,28,31). The Hall–Kier alpha value is -3.48. The van der Waals surface area contributed by atoms with E-state index in [9.17, 15) is 19.2 Å². The van der Waals surface area contributed by atoms with Crippen LogP contribution in [0.1, 0.15) is 65.8 Å². The predicted octanol–water partition coefficient (Wildman–Crippen LogP) is 4.25. The third-order valence-corrected chi connectivity index (χ3v) is 6.61. The highest BCUT2D eigenvalue weighted by Crippen LogP contribution is 2.34. The zero-order valence-electron chi connectivity index (χ0n) is 19.0. The van der Waals surface area contributed by atoms with Gasteiger partial charge in [0, 0.05) is 30.8 Å². The van der Waals surface area contributed by atoms with Crippen molar-refractivity contribution in [3.05, 3.63) is 59.2 Å². The Balaban J connectivity index is 1.51. The summed E-state index contributed by atoms with van der Waals surface area (Å²) in [7, 11) is 0. The molecule has 1 fully saturated rings. The van der Waals surface area contributed by atoms with E-state index in [0.29, 0.717) is 28.9 Å². The maximum atomic E-state index is 13.3. The lowest BCUT2D eigenvalue weighted by Crippen LogP contribution is -2.41. The highest BCUT2D eigenvalue weighted by Gasteiger charge is 2.40. The average molecular weight is 448 g/mol. The molecule has 172 valence electrons. The Bertz CT molecular complexity index is 1080. The second kappa shape index (κ2) is 9.57. The molecule has 0 spiro atoms. The van der Waals surface area contributed by atoms with E-state index in [1.807, 2.05) is 19.1 Å². The molecule has 1 aliphatic carbocycles. The van der Waals surface area contributed by atoms with Crippen molar-refractivity contribution in [1.82, 2.24) is 4.90 Å². The van der Waals surface area contributed by atoms with Crippen molar-refractivity contribution in [3.63, 3.8) is 0 Å². The summed E-state index contributed by atoms with van der Waals surface area (Å²) in [6.07, 6.45) is 4.14. The van der Waals surface area contributed by atoms with Gasteiger partial charge in [0.15, 0.2) is 0 Å². The minimum absolute atomic E-state index is 0.0930. The van der Waals surface area contributed by atoms with Crippen molar-refractivity contribution >= 4 is 35.0 Å². The lowest BCUT2D eigenvalue weighted by Gasteiger charge is -2.33. The molecule has 2 aromatic carbocycles. The van der Waals surface area contributed by atoms with Gasteiger partial charge in [0.25, 0.3) is 11.8 Å². The summed E-state index contributed by atoms with van der Waals surface area (Å²) in [6.45, 7) is 3.70. The monoisotopic (exact) mass is 447 g/mol. The number of carbonyl (C=O) groups is 4. The molecular formula is C26H29N3O4. The largest absolute Gasteiger partial charge is 0.326 e. The van der Waals surface area contributed by atoms with E-state index in [0.717, 1.165) is 31.2 Å². The normalized spacial score (nSPS) is 19.9. The molecule has 2 N–H and O–H groups in total. The van der Waals surface area contributed by atoms with Gasteiger partial charge >= 0.3 is 0 Å². The van der Waals surface area contributed by atoms with E-state index in [4.69, 9.17) is 0 Å². The van der Waals surface area contributed by atoms with Gasteiger partial charge in [-0.1, -0.05) is 38.0 Å². The minimum Gasteiger partial charge on any atom is -0.326 e. The van der Waals surface area contributed by atoms with Gasteiger partial charge in [-0.15, -0.1) is 0 Å². The molecular weight excluding hydrogens is 418 g/mol. The molecule has 7 heteroatoms. The summed E-state index contributed by atoms with van der Waals surface area (Å²) in [4.78, 5) is 51.7. The highest BCUT2D eigenvalue weighted by atomic mass is 16.2. The third-order valence-electron chi connectivity index (χ3n) is 6.61. The molecule has 0 bridgehead atoms. The van der Waals surface area contributed by atoms with E-state index < -0.39 is 0 Å². The number of carbonyl (C=O) groups excluding carboxylic acids is 4. The molecule has 0 radical (unpaired) electrons. The second-order valence-corrected chi connectivity index (χ2v) is 8.81. The van der Waals surface area contributed by atoms with E-state index >= 15 is 0 Å². The Morgan fingerprint density at radius 1 is 0.970 bits per heavy atom. The van der Waals surface area contributed by atoms with Crippen LogP contribution in [-0.2, 0) is 16.0 Å². The van der Waals surface area contributed by atoms with Gasteiger partial charge in [-0.2, -0.15) is 0 Å². The van der Waals surface area contributed by atoms with Crippen LogP contribution < -0.4 is 10.6 Å². The zero-order valence-corrected chi connectivity index (χ0v) is 19.0. The number of amides is 4. The van der Waals surface area contributed by atoms with Crippen LogP contribution in [0.5, 0.6) is 0 Å². The average Bonchev–Trinajstić information content (AvgIpc) is 3.04. The van der Waals surface area contributed by atoms with Gasteiger partial charge in [0.1, 0.15) is 0 Å². The minimum atomic E-state index is -0.294. The molecule has 2 aromatic rings. The van der Waals surface area contributed by atoms with Crippen LogP contribution in [0.2, 0.25) is 0 Å². The topological polar surface area (TPSA) is 95.6 Å². The summed E-state index contributed by atoms with van der Waals surface area (Å²) in [5.74, 6) is -1.23. The van der Waals surface area contributed by atoms with Crippen LogP contribution in [0.3, 0.4) is 0 Å². The number of hydrogen-bond donors (Lipinski definition) is 2. The fourth-order valence-electron chi connectivity index (χ4n) is 4.92. The highest BCUT2D eigenvalue weighted by molar-refractivity contribution is 6.21. The Morgan fingerprint density at radius 2 is 1.64 bits per heavy atom. The van der Waals surface area contributed by atoms with E-state index in [1.54, 1.807) is 30.3 Å². The van der Waals surface area contributed by atoms with Gasteiger partial charge in [-0.25, -0.2) is 0 Å². The van der Waals surface area contributed by atoms with Gasteiger partial charge in [-0.3, -0.25) is 24.1 Å². The Morgan fingerprint density at radius 3 is 2.27 bits per heavy atom. The molecule has 2 atom stereocenters. The van der Waals surface area contributed by atoms with Crippen LogP contribution in [0.25, 0.3) is 0 Å². The smallest absolute Gasteiger partial charge is 0.261 e. The van der Waals surface area contributed by atoms with Gasteiger partial charge in [0.2, 0.25) is 11.8 Å².